The smallest absolute Gasteiger partial charge is 0.387 e. The summed E-state index contributed by atoms with van der Waals surface area (Å²) in [6.45, 7) is -0.870. The quantitative estimate of drug-likeness (QED) is 0.602. The number of ether oxygens (including phenoxy) is 1. The molecule has 0 aliphatic heterocycles. The molecule has 8 heteroatoms. The third kappa shape index (κ3) is 3.56. The molecule has 3 aromatic rings. The zero-order valence-corrected chi connectivity index (χ0v) is 16.0. The van der Waals surface area contributed by atoms with Crippen LogP contribution in [-0.2, 0) is 19.4 Å². The zero-order valence-electron chi connectivity index (χ0n) is 15.2. The number of thiophene rings is 1. The Labute approximate surface area is 163 Å². The summed E-state index contributed by atoms with van der Waals surface area (Å²) in [7, 11) is 0. The Morgan fingerprint density at radius 3 is 2.82 bits per heavy atom. The van der Waals surface area contributed by atoms with Gasteiger partial charge < -0.3 is 4.74 Å². The molecule has 1 atom stereocenters. The van der Waals surface area contributed by atoms with E-state index >= 15 is 0 Å². The van der Waals surface area contributed by atoms with Crippen LogP contribution in [0.1, 0.15) is 34.1 Å². The van der Waals surface area contributed by atoms with E-state index in [1.165, 1.54) is 40.0 Å². The highest BCUT2D eigenvalue weighted by Gasteiger charge is 2.23. The Hall–Kier alpha value is -2.61. The van der Waals surface area contributed by atoms with E-state index in [-0.39, 0.29) is 23.6 Å². The minimum Gasteiger partial charge on any atom is -0.435 e. The van der Waals surface area contributed by atoms with E-state index in [2.05, 4.69) is 16.6 Å². The van der Waals surface area contributed by atoms with Crippen molar-refractivity contribution in [2.24, 2.45) is 5.92 Å². The van der Waals surface area contributed by atoms with Crippen LogP contribution in [0.3, 0.4) is 0 Å². The van der Waals surface area contributed by atoms with Gasteiger partial charge in [0.25, 0.3) is 5.56 Å². The van der Waals surface area contributed by atoms with Crippen molar-refractivity contribution in [3.05, 3.63) is 57.0 Å². The van der Waals surface area contributed by atoms with Crippen LogP contribution in [0.15, 0.2) is 35.4 Å². The van der Waals surface area contributed by atoms with Crippen molar-refractivity contribution in [1.29, 1.82) is 0 Å². The average Bonchev–Trinajstić information content (AvgIpc) is 3.02. The number of rotatable bonds is 5. The molecule has 0 bridgehead atoms. The molecule has 0 saturated carbocycles. The number of carbonyl (C=O) groups is 1. The van der Waals surface area contributed by atoms with E-state index < -0.39 is 6.61 Å². The fraction of sp³-hybridized carbons (Fsp3) is 0.350. The number of halogens is 2. The summed E-state index contributed by atoms with van der Waals surface area (Å²) in [5, 5.41) is 0.628. The highest BCUT2D eigenvalue weighted by Crippen LogP contribution is 2.35. The predicted molar refractivity (Wildman–Crippen MR) is 102 cm³/mol. The van der Waals surface area contributed by atoms with Gasteiger partial charge in [0.1, 0.15) is 10.6 Å². The van der Waals surface area contributed by atoms with Gasteiger partial charge in [-0.05, 0) is 55.0 Å². The molecule has 1 aromatic carbocycles. The molecular formula is C20H18F2N2O3S. The average molecular weight is 404 g/mol. The molecule has 5 nitrogen and oxygen atoms in total. The molecule has 2 aromatic heterocycles. The minimum absolute atomic E-state index is 0.0223. The minimum atomic E-state index is -2.92. The van der Waals surface area contributed by atoms with Crippen molar-refractivity contribution in [2.75, 3.05) is 0 Å². The maximum Gasteiger partial charge on any atom is 0.387 e. The van der Waals surface area contributed by atoms with E-state index in [9.17, 15) is 18.4 Å². The second-order valence-corrected chi connectivity index (χ2v) is 8.12. The van der Waals surface area contributed by atoms with E-state index in [0.29, 0.717) is 16.9 Å². The van der Waals surface area contributed by atoms with Gasteiger partial charge in [-0.2, -0.15) is 8.78 Å². The molecular weight excluding hydrogens is 386 g/mol. The summed E-state index contributed by atoms with van der Waals surface area (Å²) in [4.78, 5) is 31.8. The van der Waals surface area contributed by atoms with Crippen LogP contribution in [-0.4, -0.2) is 21.9 Å². The monoisotopic (exact) mass is 404 g/mol. The first-order valence-electron chi connectivity index (χ1n) is 9.00. The molecule has 0 amide bonds. The van der Waals surface area contributed by atoms with Crippen molar-refractivity contribution in [2.45, 2.75) is 39.3 Å². The first kappa shape index (κ1) is 18.7. The van der Waals surface area contributed by atoms with Gasteiger partial charge >= 0.3 is 6.61 Å². The summed E-state index contributed by atoms with van der Waals surface area (Å²) in [6, 6.07) is 5.43. The fourth-order valence-corrected chi connectivity index (χ4v) is 4.89. The number of benzene rings is 1. The number of hydrogen-bond donors (Lipinski definition) is 0. The van der Waals surface area contributed by atoms with Crippen LogP contribution < -0.4 is 10.3 Å². The molecule has 0 saturated heterocycles. The zero-order chi connectivity index (χ0) is 19.8. The van der Waals surface area contributed by atoms with Crippen LogP contribution in [0, 0.1) is 5.92 Å². The molecule has 1 aliphatic carbocycles. The van der Waals surface area contributed by atoms with E-state index in [1.807, 2.05) is 0 Å². The number of alkyl halides is 2. The highest BCUT2D eigenvalue weighted by molar-refractivity contribution is 7.18. The van der Waals surface area contributed by atoms with Gasteiger partial charge in [0.05, 0.1) is 18.3 Å². The van der Waals surface area contributed by atoms with Gasteiger partial charge in [0, 0.05) is 10.4 Å². The lowest BCUT2D eigenvalue weighted by Crippen LogP contribution is -2.25. The van der Waals surface area contributed by atoms with Crippen LogP contribution >= 0.6 is 11.3 Å². The van der Waals surface area contributed by atoms with E-state index in [0.717, 1.165) is 29.7 Å². The Morgan fingerprint density at radius 2 is 2.11 bits per heavy atom. The summed E-state index contributed by atoms with van der Waals surface area (Å²) in [5.41, 5.74) is 1.18. The van der Waals surface area contributed by atoms with E-state index in [1.54, 1.807) is 11.3 Å². The maximum absolute atomic E-state index is 13.0. The van der Waals surface area contributed by atoms with Gasteiger partial charge in [-0.25, -0.2) is 4.98 Å². The van der Waals surface area contributed by atoms with Crippen molar-refractivity contribution < 1.29 is 18.3 Å². The molecule has 146 valence electrons. The van der Waals surface area contributed by atoms with Gasteiger partial charge in [0.15, 0.2) is 5.78 Å². The van der Waals surface area contributed by atoms with Crippen molar-refractivity contribution >= 4 is 27.3 Å². The first-order valence-corrected chi connectivity index (χ1v) is 9.81. The lowest BCUT2D eigenvalue weighted by Gasteiger charge is -2.17. The van der Waals surface area contributed by atoms with Crippen molar-refractivity contribution in [3.8, 4) is 5.75 Å². The number of hydrogen-bond acceptors (Lipinski definition) is 5. The van der Waals surface area contributed by atoms with Crippen molar-refractivity contribution in [1.82, 2.24) is 9.55 Å². The molecule has 0 radical (unpaired) electrons. The van der Waals surface area contributed by atoms with Crippen LogP contribution in [0.2, 0.25) is 0 Å². The normalized spacial score (nSPS) is 16.4. The Bertz CT molecular complexity index is 1090. The Morgan fingerprint density at radius 1 is 1.36 bits per heavy atom. The lowest BCUT2D eigenvalue weighted by atomic mass is 9.89. The topological polar surface area (TPSA) is 61.2 Å². The third-order valence-electron chi connectivity index (χ3n) is 5.00. The number of ketones is 1. The summed E-state index contributed by atoms with van der Waals surface area (Å²) in [5.74, 6) is 0.275. The standard InChI is InChI=1S/C20H18F2N2O3S/c1-11-2-7-14-16(8-11)28-18-17(14)19(26)24(10-23-18)9-15(25)12-3-5-13(6-4-12)27-20(21)22/h3-6,10-11,20H,2,7-9H2,1H3/t11-/m1/s1. The van der Waals surface area contributed by atoms with Crippen LogP contribution in [0.4, 0.5) is 8.78 Å². The second kappa shape index (κ2) is 7.43. The summed E-state index contributed by atoms with van der Waals surface area (Å²) in [6.07, 6.45) is 4.26. The van der Waals surface area contributed by atoms with Gasteiger partial charge in [-0.15, -0.1) is 11.3 Å². The second-order valence-electron chi connectivity index (χ2n) is 7.04. The van der Waals surface area contributed by atoms with E-state index in [4.69, 9.17) is 0 Å². The summed E-state index contributed by atoms with van der Waals surface area (Å²) >= 11 is 1.56. The molecule has 0 N–H and O–H groups in total. The number of carbonyl (C=O) groups excluding carboxylic acids is 1. The van der Waals surface area contributed by atoms with Gasteiger partial charge in [-0.1, -0.05) is 6.92 Å². The molecule has 28 heavy (non-hydrogen) atoms. The third-order valence-corrected chi connectivity index (χ3v) is 6.16. The highest BCUT2D eigenvalue weighted by atomic mass is 32.1. The SMILES string of the molecule is C[C@@H]1CCc2c(sc3ncn(CC(=O)c4ccc(OC(F)F)cc4)c(=O)c23)C1. The molecule has 1 aliphatic rings. The number of Topliss-reactive ketones (excluding diaryl/α,β-unsaturated/α-hetero) is 1. The number of aromatic nitrogens is 2. The summed E-state index contributed by atoms with van der Waals surface area (Å²) < 4.78 is 30.0. The molecule has 2 heterocycles. The van der Waals surface area contributed by atoms with Crippen LogP contribution in [0.5, 0.6) is 5.75 Å². The number of fused-ring (bicyclic) bond motifs is 3. The molecule has 0 unspecified atom stereocenters. The maximum atomic E-state index is 13.0. The largest absolute Gasteiger partial charge is 0.435 e. The molecule has 0 fully saturated rings. The number of nitrogens with zero attached hydrogens (tertiary/aromatic N) is 2. The Kier molecular flexibility index (Phi) is 4.97. The van der Waals surface area contributed by atoms with Crippen LogP contribution in [0.25, 0.3) is 10.2 Å². The first-order chi connectivity index (χ1) is 13.4. The van der Waals surface area contributed by atoms with Crippen molar-refractivity contribution in [3.63, 3.8) is 0 Å². The Balaban J connectivity index is 1.60. The molecule has 4 rings (SSSR count). The predicted octanol–water partition coefficient (Wildman–Crippen LogP) is 4.07. The van der Waals surface area contributed by atoms with Gasteiger partial charge in [-0.3, -0.25) is 14.2 Å². The lowest BCUT2D eigenvalue weighted by molar-refractivity contribution is -0.0498. The number of aryl methyl sites for hydroxylation is 1. The fourth-order valence-electron chi connectivity index (χ4n) is 3.55. The van der Waals surface area contributed by atoms with Gasteiger partial charge in [0.2, 0.25) is 0 Å². The molecule has 0 spiro atoms.